The Balaban J connectivity index is 0.824. The summed E-state index contributed by atoms with van der Waals surface area (Å²) < 4.78 is 17.9. The number of urea groups is 1. The van der Waals surface area contributed by atoms with E-state index in [-0.39, 0.29) is 68.1 Å². The average molecular weight is 1020 g/mol. The summed E-state index contributed by atoms with van der Waals surface area (Å²) in [6, 6.07) is 21.5. The van der Waals surface area contributed by atoms with Crippen molar-refractivity contribution in [1.29, 1.82) is 0 Å². The highest BCUT2D eigenvalue weighted by Crippen LogP contribution is 2.28. The highest BCUT2D eigenvalue weighted by molar-refractivity contribution is 5.88. The molecule has 3 aromatic carbocycles. The van der Waals surface area contributed by atoms with Crippen LogP contribution >= 0.6 is 0 Å². The number of rotatable bonds is 19. The van der Waals surface area contributed by atoms with E-state index in [2.05, 4.69) is 32.5 Å². The third-order valence-corrected chi connectivity index (χ3v) is 14.8. The second kappa shape index (κ2) is 25.4. The molecule has 0 aliphatic carbocycles. The Labute approximate surface area is 433 Å². The molecule has 3 aliphatic rings. The molecule has 4 amide bonds. The van der Waals surface area contributed by atoms with Gasteiger partial charge in [0.2, 0.25) is 5.91 Å². The second-order valence-electron chi connectivity index (χ2n) is 20.6. The molecule has 18 heteroatoms. The van der Waals surface area contributed by atoms with Gasteiger partial charge in [0.05, 0.1) is 12.1 Å². The molecule has 74 heavy (non-hydrogen) atoms. The Bertz CT molecular complexity index is 2770. The van der Waals surface area contributed by atoms with Crippen LogP contribution < -0.4 is 16.2 Å². The van der Waals surface area contributed by atoms with Crippen LogP contribution in [0, 0.1) is 12.8 Å². The van der Waals surface area contributed by atoms with Crippen molar-refractivity contribution in [2.75, 3.05) is 66.0 Å². The minimum atomic E-state index is -0.861. The molecule has 2 unspecified atom stereocenters. The molecule has 0 saturated carbocycles. The summed E-state index contributed by atoms with van der Waals surface area (Å²) in [5, 5.41) is 12.3. The normalized spacial score (nSPS) is 17.0. The van der Waals surface area contributed by atoms with Crippen molar-refractivity contribution in [3.05, 3.63) is 112 Å². The van der Waals surface area contributed by atoms with Crippen LogP contribution in [-0.2, 0) is 48.4 Å². The monoisotopic (exact) mass is 1020 g/mol. The first kappa shape index (κ1) is 53.5. The summed E-state index contributed by atoms with van der Waals surface area (Å²) in [5.74, 6) is -1.23. The molecule has 2 aromatic heterocycles. The number of aromatic nitrogens is 3. The van der Waals surface area contributed by atoms with E-state index >= 15 is 0 Å². The first-order chi connectivity index (χ1) is 35.8. The minimum absolute atomic E-state index is 0.0141. The van der Waals surface area contributed by atoms with Crippen LogP contribution in [-0.4, -0.2) is 148 Å². The number of carbonyl (C=O) groups excluding carboxylic acids is 5. The van der Waals surface area contributed by atoms with Crippen LogP contribution in [0.1, 0.15) is 93.4 Å². The zero-order valence-corrected chi connectivity index (χ0v) is 43.4. The van der Waals surface area contributed by atoms with E-state index in [0.29, 0.717) is 64.3 Å². The highest BCUT2D eigenvalue weighted by Gasteiger charge is 2.34. The quantitative estimate of drug-likeness (QED) is 0.0463. The Morgan fingerprint density at radius 3 is 2.23 bits per heavy atom. The Kier molecular flexibility index (Phi) is 18.4. The van der Waals surface area contributed by atoms with Gasteiger partial charge < -0.3 is 44.5 Å². The van der Waals surface area contributed by atoms with E-state index in [1.807, 2.05) is 105 Å². The highest BCUT2D eigenvalue weighted by atomic mass is 16.6. The molecule has 8 rings (SSSR count). The topological polar surface area (TPSA) is 201 Å². The number of aryl methyl sites for hydroxylation is 1. The number of esters is 2. The lowest BCUT2D eigenvalue weighted by molar-refractivity contribution is -0.149. The molecule has 3 fully saturated rings. The third kappa shape index (κ3) is 14.3. The lowest BCUT2D eigenvalue weighted by Gasteiger charge is -2.43. The number of nitrogens with one attached hydrogen (secondary N) is 3. The summed E-state index contributed by atoms with van der Waals surface area (Å²) in [6.45, 7) is 11.6. The van der Waals surface area contributed by atoms with Crippen molar-refractivity contribution < 1.29 is 38.2 Å². The lowest BCUT2D eigenvalue weighted by Crippen LogP contribution is -2.59. The number of nitrogens with zero attached hydrogens (tertiary/aromatic N) is 6. The number of piperidine rings is 2. The summed E-state index contributed by atoms with van der Waals surface area (Å²) >= 11 is 0. The Morgan fingerprint density at radius 1 is 0.757 bits per heavy atom. The lowest BCUT2D eigenvalue weighted by atomic mass is 9.89. The van der Waals surface area contributed by atoms with Crippen molar-refractivity contribution in [2.45, 2.75) is 116 Å². The van der Waals surface area contributed by atoms with Crippen molar-refractivity contribution in [3.8, 4) is 0 Å². The van der Waals surface area contributed by atoms with Crippen molar-refractivity contribution in [2.24, 2.45) is 5.92 Å². The minimum Gasteiger partial charge on any atom is -0.464 e. The zero-order chi connectivity index (χ0) is 52.1. The number of ether oxygens (including phenoxy) is 3. The van der Waals surface area contributed by atoms with E-state index in [9.17, 15) is 28.8 Å². The molecule has 18 nitrogen and oxygen atoms in total. The maximum atomic E-state index is 14.5. The predicted octanol–water partition coefficient (Wildman–Crippen LogP) is 6.48. The number of alkyl carbamates (subject to hydrolysis) is 1. The fourth-order valence-corrected chi connectivity index (χ4v) is 10.5. The summed E-state index contributed by atoms with van der Waals surface area (Å²) in [5.41, 5.74) is 4.77. The van der Waals surface area contributed by atoms with Crippen LogP contribution in [0.5, 0.6) is 0 Å². The fourth-order valence-electron chi connectivity index (χ4n) is 10.5. The van der Waals surface area contributed by atoms with Gasteiger partial charge in [-0.25, -0.2) is 19.1 Å². The number of pyridine rings is 1. The van der Waals surface area contributed by atoms with Crippen molar-refractivity contribution >= 4 is 51.8 Å². The first-order valence-electron chi connectivity index (χ1n) is 26.4. The number of aromatic amines is 1. The molecular formula is C56H73N9O9. The third-order valence-electron chi connectivity index (χ3n) is 14.8. The molecule has 3 aliphatic heterocycles. The number of piperazine rings is 1. The molecule has 0 bridgehead atoms. The Hall–Kier alpha value is -6.79. The number of para-hydroxylation sites is 1. The molecular weight excluding hydrogens is 943 g/mol. The maximum Gasteiger partial charge on any atom is 0.408 e. The van der Waals surface area contributed by atoms with Gasteiger partial charge in [-0.05, 0) is 124 Å². The van der Waals surface area contributed by atoms with Crippen LogP contribution in [0.2, 0.25) is 0 Å². The maximum absolute atomic E-state index is 14.5. The van der Waals surface area contributed by atoms with E-state index < -0.39 is 24.1 Å². The van der Waals surface area contributed by atoms with Gasteiger partial charge in [0.1, 0.15) is 18.7 Å². The van der Waals surface area contributed by atoms with Crippen molar-refractivity contribution in [3.63, 3.8) is 0 Å². The number of carbonyl (C=O) groups is 5. The van der Waals surface area contributed by atoms with E-state index in [4.69, 9.17) is 19.3 Å². The number of H-pyrrole nitrogens is 1. The van der Waals surface area contributed by atoms with Crippen LogP contribution in [0.15, 0.2) is 83.8 Å². The predicted molar refractivity (Wildman–Crippen MR) is 281 cm³/mol. The van der Waals surface area contributed by atoms with Gasteiger partial charge in [-0.1, -0.05) is 68.4 Å². The van der Waals surface area contributed by atoms with Crippen LogP contribution in [0.25, 0.3) is 21.8 Å². The van der Waals surface area contributed by atoms with E-state index in [0.717, 1.165) is 83.1 Å². The van der Waals surface area contributed by atoms with Crippen LogP contribution in [0.3, 0.4) is 0 Å². The second-order valence-corrected chi connectivity index (χ2v) is 20.6. The number of hydrogen-bond donors (Lipinski definition) is 3. The van der Waals surface area contributed by atoms with Gasteiger partial charge in [-0.3, -0.25) is 19.3 Å². The van der Waals surface area contributed by atoms with Gasteiger partial charge in [-0.2, -0.15) is 5.10 Å². The van der Waals surface area contributed by atoms with Gasteiger partial charge in [0.25, 0.3) is 5.56 Å². The van der Waals surface area contributed by atoms with Gasteiger partial charge in [0, 0.05) is 80.8 Å². The summed E-state index contributed by atoms with van der Waals surface area (Å²) in [7, 11) is 2.16. The Morgan fingerprint density at radius 2 is 1.49 bits per heavy atom. The van der Waals surface area contributed by atoms with E-state index in [1.54, 1.807) is 9.58 Å². The number of unbranched alkanes of at least 4 members (excludes halogenated alkanes) is 2. The molecule has 2 atom stereocenters. The molecule has 396 valence electrons. The van der Waals surface area contributed by atoms with Gasteiger partial charge in [0.15, 0.2) is 6.73 Å². The molecule has 3 saturated heterocycles. The molecule has 5 aromatic rings. The average Bonchev–Trinajstić information content (AvgIpc) is 3.83. The smallest absolute Gasteiger partial charge is 0.408 e. The standard InChI is InChI=1S/C56H73N9O9/c1-38(2)50(59-56(71)73-36-40-13-7-5-8-14-40)54(69)72-30-12-6-9-17-49(66)74-37-65-35-44-32-41(31-39(3)51(44)60-65)33-48(53(68)63-28-26-62(27-29-63)45-20-22-61(4)23-21-45)58-55(70)64-24-18-42(19-25-64)46-34-43-15-10-11-16-47(43)57-52(46)67/h5,7-8,10-11,13-16,31-32,34-35,38,42,45,48,50H,6,9,12,17-30,33,36-37H2,1-4H3,(H,57,67)(H,58,70)(H,59,71). The van der Waals surface area contributed by atoms with E-state index in [1.165, 1.54) is 0 Å². The number of likely N-dealkylation sites (tertiary alicyclic amines) is 2. The fraction of sp³-hybridized carbons (Fsp3) is 0.518. The van der Waals surface area contributed by atoms with Crippen molar-refractivity contribution in [1.82, 2.24) is 45.0 Å². The van der Waals surface area contributed by atoms with Gasteiger partial charge in [-0.15, -0.1) is 0 Å². The number of benzene rings is 3. The number of fused-ring (bicyclic) bond motifs is 2. The SMILES string of the molecule is Cc1cc(CC(NC(=O)N2CCC(c3cc4ccccc4[nH]c3=O)CC2)C(=O)N2CCN(C3CCN(C)CC3)CC2)cc2cn(COC(=O)CCCCCOC(=O)C(NC(=O)OCc3ccccc3)C(C)C)nc12. The summed E-state index contributed by atoms with van der Waals surface area (Å²) in [6.07, 6.45) is 6.78. The molecule has 3 N–H and O–H groups in total. The summed E-state index contributed by atoms with van der Waals surface area (Å²) in [4.78, 5) is 91.3. The number of hydrogen-bond acceptors (Lipinski definition) is 12. The number of amides is 4. The van der Waals surface area contributed by atoms with Crippen LogP contribution in [0.4, 0.5) is 9.59 Å². The first-order valence-corrected chi connectivity index (χ1v) is 26.4. The molecule has 0 radical (unpaired) electrons. The zero-order valence-electron chi connectivity index (χ0n) is 43.4. The molecule has 0 spiro atoms. The largest absolute Gasteiger partial charge is 0.464 e. The molecule has 5 heterocycles. The van der Waals surface area contributed by atoms with Gasteiger partial charge >= 0.3 is 24.1 Å².